The zero-order valence-corrected chi connectivity index (χ0v) is 10.7. The van der Waals surface area contributed by atoms with Crippen LogP contribution in [0, 0.1) is 5.92 Å². The van der Waals surface area contributed by atoms with Crippen LogP contribution in [0.1, 0.15) is 19.3 Å². The number of carbonyl (C=O) groups excluding carboxylic acids is 1. The summed E-state index contributed by atoms with van der Waals surface area (Å²) in [6.07, 6.45) is 2.83. The van der Waals surface area contributed by atoms with Gasteiger partial charge in [-0.05, 0) is 25.0 Å². The molecule has 0 saturated heterocycles. The van der Waals surface area contributed by atoms with Crippen LogP contribution in [0.15, 0.2) is 18.2 Å². The van der Waals surface area contributed by atoms with Crippen LogP contribution in [0.25, 0.3) is 0 Å². The molecule has 19 heavy (non-hydrogen) atoms. The van der Waals surface area contributed by atoms with Crippen molar-refractivity contribution in [3.05, 3.63) is 18.2 Å². The first-order chi connectivity index (χ1) is 9.24. The normalized spacial score (nSPS) is 25.1. The molecule has 2 atom stereocenters. The molecule has 1 aromatic carbocycles. The van der Waals surface area contributed by atoms with Crippen molar-refractivity contribution in [2.45, 2.75) is 25.3 Å². The monoisotopic (exact) mass is 262 g/mol. The molecule has 0 aromatic heterocycles. The first kappa shape index (κ1) is 12.3. The van der Waals surface area contributed by atoms with Crippen molar-refractivity contribution in [1.82, 2.24) is 0 Å². The molecule has 0 spiro atoms. The van der Waals surface area contributed by atoms with Crippen LogP contribution >= 0.6 is 0 Å². The van der Waals surface area contributed by atoms with Crippen molar-refractivity contribution in [1.29, 1.82) is 0 Å². The van der Waals surface area contributed by atoms with Crippen LogP contribution in [-0.2, 0) is 4.79 Å². The average molecular weight is 262 g/mol. The van der Waals surface area contributed by atoms with Crippen molar-refractivity contribution >= 4 is 11.6 Å². The number of nitrogens with two attached hydrogens (primary N) is 1. The predicted molar refractivity (Wildman–Crippen MR) is 71.4 cm³/mol. The molecule has 2 unspecified atom stereocenters. The first-order valence-corrected chi connectivity index (χ1v) is 6.70. The highest BCUT2D eigenvalue weighted by molar-refractivity contribution is 5.93. The maximum Gasteiger partial charge on any atom is 0.229 e. The molecule has 0 bridgehead atoms. The number of amides is 1. The van der Waals surface area contributed by atoms with E-state index in [2.05, 4.69) is 5.32 Å². The maximum absolute atomic E-state index is 12.1. The second-order valence-electron chi connectivity index (χ2n) is 5.05. The van der Waals surface area contributed by atoms with E-state index in [0.29, 0.717) is 19.0 Å². The van der Waals surface area contributed by atoms with Gasteiger partial charge in [0, 0.05) is 17.8 Å². The quantitative estimate of drug-likeness (QED) is 0.847. The fraction of sp³-hybridized carbons (Fsp3) is 0.500. The van der Waals surface area contributed by atoms with Crippen molar-refractivity contribution in [2.24, 2.45) is 11.7 Å². The Kier molecular flexibility index (Phi) is 3.29. The maximum atomic E-state index is 12.1. The largest absolute Gasteiger partial charge is 0.486 e. The van der Waals surface area contributed by atoms with Crippen LogP contribution < -0.4 is 20.5 Å². The zero-order chi connectivity index (χ0) is 13.2. The molecule has 1 aliphatic heterocycles. The van der Waals surface area contributed by atoms with E-state index in [9.17, 15) is 4.79 Å². The molecule has 1 saturated carbocycles. The Balaban J connectivity index is 1.71. The van der Waals surface area contributed by atoms with Gasteiger partial charge >= 0.3 is 0 Å². The Morgan fingerprint density at radius 1 is 1.21 bits per heavy atom. The Hall–Kier alpha value is -1.75. The minimum Gasteiger partial charge on any atom is -0.486 e. The Labute approximate surface area is 112 Å². The molecule has 1 aliphatic carbocycles. The Morgan fingerprint density at radius 3 is 2.74 bits per heavy atom. The lowest BCUT2D eigenvalue weighted by Gasteiger charge is -2.20. The summed E-state index contributed by atoms with van der Waals surface area (Å²) >= 11 is 0. The zero-order valence-electron chi connectivity index (χ0n) is 10.7. The Bertz CT molecular complexity index is 490. The summed E-state index contributed by atoms with van der Waals surface area (Å²) in [5, 5.41) is 2.91. The highest BCUT2D eigenvalue weighted by Crippen LogP contribution is 2.33. The van der Waals surface area contributed by atoms with Gasteiger partial charge in [-0.15, -0.1) is 0 Å². The minimum atomic E-state index is -0.0757. The van der Waals surface area contributed by atoms with Gasteiger partial charge in [0.05, 0.1) is 5.92 Å². The molecule has 102 valence electrons. The van der Waals surface area contributed by atoms with Gasteiger partial charge in [-0.2, -0.15) is 0 Å². The van der Waals surface area contributed by atoms with Gasteiger partial charge in [-0.25, -0.2) is 0 Å². The summed E-state index contributed by atoms with van der Waals surface area (Å²) < 4.78 is 10.9. The van der Waals surface area contributed by atoms with Gasteiger partial charge in [0.25, 0.3) is 0 Å². The number of ether oxygens (including phenoxy) is 2. The molecule has 1 heterocycles. The second-order valence-corrected chi connectivity index (χ2v) is 5.05. The summed E-state index contributed by atoms with van der Waals surface area (Å²) in [4.78, 5) is 12.1. The molecular formula is C14H18N2O3. The second kappa shape index (κ2) is 5.09. The lowest BCUT2D eigenvalue weighted by molar-refractivity contribution is -0.120. The van der Waals surface area contributed by atoms with Crippen molar-refractivity contribution in [3.63, 3.8) is 0 Å². The van der Waals surface area contributed by atoms with E-state index in [1.54, 1.807) is 6.07 Å². The van der Waals surface area contributed by atoms with Gasteiger partial charge < -0.3 is 20.5 Å². The van der Waals surface area contributed by atoms with E-state index in [0.717, 1.165) is 30.7 Å². The standard InChI is InChI=1S/C14H18N2O3/c15-11-3-1-2-10(11)14(17)16-9-4-5-12-13(8-9)19-7-6-18-12/h4-5,8,10-11H,1-3,6-7,15H2,(H,16,17). The fourth-order valence-corrected chi connectivity index (χ4v) is 2.67. The van der Waals surface area contributed by atoms with E-state index in [-0.39, 0.29) is 17.9 Å². The number of rotatable bonds is 2. The molecular weight excluding hydrogens is 244 g/mol. The van der Waals surface area contributed by atoms with Crippen molar-refractivity contribution in [3.8, 4) is 11.5 Å². The highest BCUT2D eigenvalue weighted by Gasteiger charge is 2.30. The van der Waals surface area contributed by atoms with E-state index in [1.807, 2.05) is 12.1 Å². The van der Waals surface area contributed by atoms with Crippen molar-refractivity contribution in [2.75, 3.05) is 18.5 Å². The van der Waals surface area contributed by atoms with Gasteiger partial charge in [-0.3, -0.25) is 4.79 Å². The van der Waals surface area contributed by atoms with Crippen LogP contribution in [-0.4, -0.2) is 25.2 Å². The molecule has 0 radical (unpaired) electrons. The number of hydrogen-bond acceptors (Lipinski definition) is 4. The van der Waals surface area contributed by atoms with E-state index in [4.69, 9.17) is 15.2 Å². The summed E-state index contributed by atoms with van der Waals surface area (Å²) in [5.74, 6) is 1.33. The third-order valence-corrected chi connectivity index (χ3v) is 3.72. The number of benzene rings is 1. The minimum absolute atomic E-state index is 0.00155. The lowest BCUT2D eigenvalue weighted by atomic mass is 10.0. The molecule has 5 nitrogen and oxygen atoms in total. The van der Waals surface area contributed by atoms with E-state index in [1.165, 1.54) is 0 Å². The van der Waals surface area contributed by atoms with E-state index < -0.39 is 0 Å². The first-order valence-electron chi connectivity index (χ1n) is 6.70. The van der Waals surface area contributed by atoms with Crippen LogP contribution in [0.4, 0.5) is 5.69 Å². The summed E-state index contributed by atoms with van der Waals surface area (Å²) in [6, 6.07) is 5.43. The van der Waals surface area contributed by atoms with Crippen LogP contribution in [0.3, 0.4) is 0 Å². The van der Waals surface area contributed by atoms with Gasteiger partial charge in [0.15, 0.2) is 11.5 Å². The lowest BCUT2D eigenvalue weighted by Crippen LogP contribution is -2.34. The molecule has 3 rings (SSSR count). The van der Waals surface area contributed by atoms with Gasteiger partial charge in [0.1, 0.15) is 13.2 Å². The average Bonchev–Trinajstić information content (AvgIpc) is 2.85. The molecule has 1 aromatic rings. The number of anilines is 1. The fourth-order valence-electron chi connectivity index (χ4n) is 2.67. The van der Waals surface area contributed by atoms with Crippen LogP contribution in [0.5, 0.6) is 11.5 Å². The van der Waals surface area contributed by atoms with E-state index >= 15 is 0 Å². The topological polar surface area (TPSA) is 73.6 Å². The molecule has 3 N–H and O–H groups in total. The number of nitrogens with one attached hydrogen (secondary N) is 1. The summed E-state index contributed by atoms with van der Waals surface area (Å²) in [5.41, 5.74) is 6.67. The number of fused-ring (bicyclic) bond motifs is 1. The highest BCUT2D eigenvalue weighted by atomic mass is 16.6. The summed E-state index contributed by atoms with van der Waals surface area (Å²) in [7, 11) is 0. The third kappa shape index (κ3) is 2.51. The molecule has 2 aliphatic rings. The summed E-state index contributed by atoms with van der Waals surface area (Å²) in [6.45, 7) is 1.10. The van der Waals surface area contributed by atoms with Crippen LogP contribution in [0.2, 0.25) is 0 Å². The molecule has 1 amide bonds. The predicted octanol–water partition coefficient (Wildman–Crippen LogP) is 1.52. The smallest absolute Gasteiger partial charge is 0.229 e. The SMILES string of the molecule is NC1CCCC1C(=O)Nc1ccc2c(c1)OCCO2. The van der Waals surface area contributed by atoms with Gasteiger partial charge in [-0.1, -0.05) is 6.42 Å². The number of hydrogen-bond donors (Lipinski definition) is 2. The van der Waals surface area contributed by atoms with Gasteiger partial charge in [0.2, 0.25) is 5.91 Å². The number of carbonyl (C=O) groups is 1. The molecule has 1 fully saturated rings. The Morgan fingerprint density at radius 2 is 2.00 bits per heavy atom. The third-order valence-electron chi connectivity index (χ3n) is 3.72. The molecule has 5 heteroatoms. The van der Waals surface area contributed by atoms with Crippen molar-refractivity contribution < 1.29 is 14.3 Å².